The van der Waals surface area contributed by atoms with Crippen LogP contribution >= 0.6 is 0 Å². The summed E-state index contributed by atoms with van der Waals surface area (Å²) in [5.41, 5.74) is 6.53. The fraction of sp³-hybridized carbons (Fsp3) is 0.500. The van der Waals surface area contributed by atoms with E-state index in [9.17, 15) is 4.79 Å². The first-order valence-corrected chi connectivity index (χ1v) is 6.51. The Hall–Kier alpha value is -1.59. The normalized spacial score (nSPS) is 10.3. The Balaban J connectivity index is 2.43. The molecule has 106 valence electrons. The predicted molar refractivity (Wildman–Crippen MR) is 73.8 cm³/mol. The molecule has 1 aromatic carbocycles. The van der Waals surface area contributed by atoms with E-state index in [4.69, 9.17) is 15.6 Å². The van der Waals surface area contributed by atoms with E-state index in [-0.39, 0.29) is 19.1 Å². The number of aliphatic hydroxyl groups is 1. The average molecular weight is 266 g/mol. The SMILES string of the molecule is CCN(CCCO)C(=O)COc1ccc(CN)cc1. The lowest BCUT2D eigenvalue weighted by Gasteiger charge is -2.20. The number of benzene rings is 1. The second-order valence-corrected chi connectivity index (χ2v) is 4.19. The second kappa shape index (κ2) is 8.50. The van der Waals surface area contributed by atoms with Crippen LogP contribution in [-0.2, 0) is 11.3 Å². The molecule has 0 radical (unpaired) electrons. The number of carbonyl (C=O) groups is 1. The van der Waals surface area contributed by atoms with Crippen LogP contribution in [0.4, 0.5) is 0 Å². The van der Waals surface area contributed by atoms with Gasteiger partial charge in [-0.3, -0.25) is 4.79 Å². The summed E-state index contributed by atoms with van der Waals surface area (Å²) in [5.74, 6) is 0.586. The number of aliphatic hydroxyl groups excluding tert-OH is 1. The number of rotatable bonds is 8. The summed E-state index contributed by atoms with van der Waals surface area (Å²) in [5, 5.41) is 8.77. The molecular formula is C14H22N2O3. The van der Waals surface area contributed by atoms with Crippen LogP contribution in [0, 0.1) is 0 Å². The lowest BCUT2D eigenvalue weighted by atomic mass is 10.2. The summed E-state index contributed by atoms with van der Waals surface area (Å²) in [6.07, 6.45) is 0.588. The summed E-state index contributed by atoms with van der Waals surface area (Å²) in [6, 6.07) is 7.37. The van der Waals surface area contributed by atoms with Crippen LogP contribution in [0.15, 0.2) is 24.3 Å². The molecule has 0 aliphatic heterocycles. The van der Waals surface area contributed by atoms with E-state index in [1.165, 1.54) is 0 Å². The minimum atomic E-state index is -0.0705. The fourth-order valence-electron chi connectivity index (χ4n) is 1.68. The van der Waals surface area contributed by atoms with Gasteiger partial charge in [0, 0.05) is 26.2 Å². The Morgan fingerprint density at radius 2 is 2.05 bits per heavy atom. The van der Waals surface area contributed by atoms with Crippen molar-refractivity contribution in [2.75, 3.05) is 26.3 Å². The summed E-state index contributed by atoms with van der Waals surface area (Å²) in [4.78, 5) is 13.5. The third-order valence-corrected chi connectivity index (χ3v) is 2.84. The summed E-state index contributed by atoms with van der Waals surface area (Å²) in [6.45, 7) is 3.68. The van der Waals surface area contributed by atoms with Gasteiger partial charge >= 0.3 is 0 Å². The minimum Gasteiger partial charge on any atom is -0.484 e. The molecule has 3 N–H and O–H groups in total. The van der Waals surface area contributed by atoms with Crippen molar-refractivity contribution >= 4 is 5.91 Å². The zero-order chi connectivity index (χ0) is 14.1. The molecule has 1 rings (SSSR count). The van der Waals surface area contributed by atoms with Crippen molar-refractivity contribution in [1.29, 1.82) is 0 Å². The van der Waals surface area contributed by atoms with Gasteiger partial charge in [0.25, 0.3) is 5.91 Å². The first-order valence-electron chi connectivity index (χ1n) is 6.51. The van der Waals surface area contributed by atoms with E-state index in [1.807, 2.05) is 19.1 Å². The number of hydrogen-bond acceptors (Lipinski definition) is 4. The van der Waals surface area contributed by atoms with Crippen LogP contribution in [-0.4, -0.2) is 42.2 Å². The third kappa shape index (κ3) is 5.28. The van der Waals surface area contributed by atoms with Gasteiger partial charge in [0.2, 0.25) is 0 Å². The predicted octanol–water partition coefficient (Wildman–Crippen LogP) is 0.755. The maximum Gasteiger partial charge on any atom is 0.260 e. The summed E-state index contributed by atoms with van der Waals surface area (Å²) >= 11 is 0. The summed E-state index contributed by atoms with van der Waals surface area (Å²) in [7, 11) is 0. The van der Waals surface area contributed by atoms with Crippen LogP contribution in [0.3, 0.4) is 0 Å². The molecule has 0 saturated carbocycles. The zero-order valence-corrected chi connectivity index (χ0v) is 11.3. The molecule has 0 saturated heterocycles. The topological polar surface area (TPSA) is 75.8 Å². The van der Waals surface area contributed by atoms with Crippen molar-refractivity contribution < 1.29 is 14.6 Å². The van der Waals surface area contributed by atoms with Gasteiger partial charge in [-0.15, -0.1) is 0 Å². The highest BCUT2D eigenvalue weighted by molar-refractivity contribution is 5.77. The lowest BCUT2D eigenvalue weighted by Crippen LogP contribution is -2.35. The Bertz CT molecular complexity index is 379. The van der Waals surface area contributed by atoms with Crippen LogP contribution in [0.2, 0.25) is 0 Å². The summed E-state index contributed by atoms with van der Waals surface area (Å²) < 4.78 is 5.44. The molecule has 0 aromatic heterocycles. The van der Waals surface area contributed by atoms with Crippen molar-refractivity contribution in [2.45, 2.75) is 19.9 Å². The number of nitrogens with two attached hydrogens (primary N) is 1. The van der Waals surface area contributed by atoms with Gasteiger partial charge in [0.15, 0.2) is 6.61 Å². The van der Waals surface area contributed by atoms with E-state index in [0.29, 0.717) is 31.8 Å². The van der Waals surface area contributed by atoms with Gasteiger partial charge in [0.05, 0.1) is 0 Å². The van der Waals surface area contributed by atoms with E-state index in [0.717, 1.165) is 5.56 Å². The molecule has 5 nitrogen and oxygen atoms in total. The van der Waals surface area contributed by atoms with Gasteiger partial charge in [0.1, 0.15) is 5.75 Å². The molecule has 0 bridgehead atoms. The highest BCUT2D eigenvalue weighted by Gasteiger charge is 2.11. The molecule has 0 atom stereocenters. The van der Waals surface area contributed by atoms with E-state index < -0.39 is 0 Å². The molecule has 0 fully saturated rings. The number of hydrogen-bond donors (Lipinski definition) is 2. The Morgan fingerprint density at radius 1 is 1.37 bits per heavy atom. The van der Waals surface area contributed by atoms with Crippen LogP contribution in [0.1, 0.15) is 18.9 Å². The molecule has 0 heterocycles. The van der Waals surface area contributed by atoms with Crippen molar-refractivity contribution in [2.24, 2.45) is 5.73 Å². The smallest absolute Gasteiger partial charge is 0.260 e. The number of carbonyl (C=O) groups excluding carboxylic acids is 1. The molecule has 0 aliphatic rings. The lowest BCUT2D eigenvalue weighted by molar-refractivity contribution is -0.133. The molecule has 5 heteroatoms. The second-order valence-electron chi connectivity index (χ2n) is 4.19. The average Bonchev–Trinajstić information content (AvgIpc) is 2.46. The van der Waals surface area contributed by atoms with Gasteiger partial charge in [-0.1, -0.05) is 12.1 Å². The molecular weight excluding hydrogens is 244 g/mol. The standard InChI is InChI=1S/C14H22N2O3/c1-2-16(8-3-9-17)14(18)11-19-13-6-4-12(10-15)5-7-13/h4-7,17H,2-3,8-11,15H2,1H3. The Labute approximate surface area is 114 Å². The van der Waals surface area contributed by atoms with E-state index >= 15 is 0 Å². The number of ether oxygens (including phenoxy) is 1. The number of nitrogens with zero attached hydrogens (tertiary/aromatic N) is 1. The van der Waals surface area contributed by atoms with Crippen LogP contribution in [0.5, 0.6) is 5.75 Å². The van der Waals surface area contributed by atoms with E-state index in [2.05, 4.69) is 0 Å². The molecule has 1 aromatic rings. The van der Waals surface area contributed by atoms with Gasteiger partial charge in [-0.25, -0.2) is 0 Å². The maximum atomic E-state index is 11.9. The molecule has 19 heavy (non-hydrogen) atoms. The molecule has 0 spiro atoms. The van der Waals surface area contributed by atoms with Gasteiger partial charge in [-0.05, 0) is 31.0 Å². The molecule has 0 unspecified atom stereocenters. The maximum absolute atomic E-state index is 11.9. The fourth-order valence-corrected chi connectivity index (χ4v) is 1.68. The van der Waals surface area contributed by atoms with Gasteiger partial charge < -0.3 is 20.5 Å². The first-order chi connectivity index (χ1) is 9.21. The molecule has 0 aliphatic carbocycles. The van der Waals surface area contributed by atoms with Crippen molar-refractivity contribution in [3.05, 3.63) is 29.8 Å². The van der Waals surface area contributed by atoms with Crippen molar-refractivity contribution in [3.63, 3.8) is 0 Å². The quantitative estimate of drug-likeness (QED) is 0.728. The van der Waals surface area contributed by atoms with Crippen LogP contribution < -0.4 is 10.5 Å². The minimum absolute atomic E-state index is 0.0151. The number of amides is 1. The first kappa shape index (κ1) is 15.5. The number of likely N-dealkylation sites (N-methyl/N-ethyl adjacent to an activating group) is 1. The Kier molecular flexibility index (Phi) is 6.92. The van der Waals surface area contributed by atoms with Crippen LogP contribution in [0.25, 0.3) is 0 Å². The Morgan fingerprint density at radius 3 is 2.58 bits per heavy atom. The highest BCUT2D eigenvalue weighted by Crippen LogP contribution is 2.11. The van der Waals surface area contributed by atoms with Crippen molar-refractivity contribution in [3.8, 4) is 5.75 Å². The zero-order valence-electron chi connectivity index (χ0n) is 11.3. The van der Waals surface area contributed by atoms with Gasteiger partial charge in [-0.2, -0.15) is 0 Å². The third-order valence-electron chi connectivity index (χ3n) is 2.84. The highest BCUT2D eigenvalue weighted by atomic mass is 16.5. The van der Waals surface area contributed by atoms with E-state index in [1.54, 1.807) is 17.0 Å². The largest absolute Gasteiger partial charge is 0.484 e. The van der Waals surface area contributed by atoms with Crippen molar-refractivity contribution in [1.82, 2.24) is 4.90 Å². The monoisotopic (exact) mass is 266 g/mol. The molecule has 1 amide bonds.